The Morgan fingerprint density at radius 1 is 0.917 bits per heavy atom. The second kappa shape index (κ2) is 10.0. The topological polar surface area (TPSA) is 65.5 Å². The molecule has 3 heterocycles. The minimum absolute atomic E-state index is 0.00840. The van der Waals surface area contributed by atoms with Gasteiger partial charge in [0.25, 0.3) is 11.8 Å². The van der Waals surface area contributed by atoms with Gasteiger partial charge >= 0.3 is 0 Å². The summed E-state index contributed by atoms with van der Waals surface area (Å²) in [6.07, 6.45) is 7.51. The number of hydrogen-bond acceptors (Lipinski definition) is 4. The Morgan fingerprint density at radius 3 is 2.42 bits per heavy atom. The van der Waals surface area contributed by atoms with Gasteiger partial charge in [-0.25, -0.2) is 4.98 Å². The van der Waals surface area contributed by atoms with E-state index in [2.05, 4.69) is 34.5 Å². The predicted octanol–water partition coefficient (Wildman–Crippen LogP) is 4.92. The van der Waals surface area contributed by atoms with Crippen LogP contribution in [0.25, 0.3) is 10.9 Å². The molecule has 0 radical (unpaired) electrons. The maximum absolute atomic E-state index is 13.8. The summed E-state index contributed by atoms with van der Waals surface area (Å²) >= 11 is 0. The Kier molecular flexibility index (Phi) is 6.45. The summed E-state index contributed by atoms with van der Waals surface area (Å²) in [4.78, 5) is 36.4. The highest BCUT2D eigenvalue weighted by molar-refractivity contribution is 6.11. The molecule has 0 spiro atoms. The van der Waals surface area contributed by atoms with Crippen molar-refractivity contribution in [1.82, 2.24) is 20.1 Å². The zero-order valence-corrected chi connectivity index (χ0v) is 20.8. The van der Waals surface area contributed by atoms with Gasteiger partial charge in [-0.05, 0) is 37.3 Å². The second-order valence-electron chi connectivity index (χ2n) is 10.6. The van der Waals surface area contributed by atoms with Gasteiger partial charge in [-0.15, -0.1) is 0 Å². The van der Waals surface area contributed by atoms with Crippen molar-refractivity contribution in [2.45, 2.75) is 70.1 Å². The Balaban J connectivity index is 1.21. The maximum Gasteiger partial charge on any atom is 0.273 e. The molecule has 3 aromatic rings. The number of pyridine rings is 1. The molecule has 36 heavy (non-hydrogen) atoms. The van der Waals surface area contributed by atoms with Crippen LogP contribution in [0.4, 0.5) is 0 Å². The lowest BCUT2D eigenvalue weighted by Gasteiger charge is -2.32. The second-order valence-corrected chi connectivity index (χ2v) is 10.6. The molecule has 2 amide bonds. The molecule has 0 atom stereocenters. The number of benzene rings is 2. The number of fused-ring (bicyclic) bond motifs is 2. The van der Waals surface area contributed by atoms with Gasteiger partial charge in [0.2, 0.25) is 0 Å². The number of hydrogen-bond donors (Lipinski definition) is 1. The zero-order valence-electron chi connectivity index (χ0n) is 20.8. The molecule has 1 saturated heterocycles. The maximum atomic E-state index is 13.8. The largest absolute Gasteiger partial charge is 0.349 e. The Hall–Kier alpha value is -3.25. The summed E-state index contributed by atoms with van der Waals surface area (Å²) in [6, 6.07) is 18.7. The van der Waals surface area contributed by atoms with Crippen molar-refractivity contribution in [3.05, 3.63) is 77.0 Å². The molecule has 0 bridgehead atoms. The van der Waals surface area contributed by atoms with E-state index in [9.17, 15) is 9.59 Å². The first kappa shape index (κ1) is 23.2. The number of amides is 2. The molecule has 2 aromatic carbocycles. The lowest BCUT2D eigenvalue weighted by atomic mass is 9.94. The molecular weight excluding hydrogens is 448 g/mol. The van der Waals surface area contributed by atoms with E-state index in [0.717, 1.165) is 74.6 Å². The third-order valence-electron chi connectivity index (χ3n) is 8.20. The number of rotatable bonds is 5. The van der Waals surface area contributed by atoms with Crippen LogP contribution in [-0.2, 0) is 13.1 Å². The quantitative estimate of drug-likeness (QED) is 0.561. The van der Waals surface area contributed by atoms with Gasteiger partial charge in [-0.2, -0.15) is 0 Å². The summed E-state index contributed by atoms with van der Waals surface area (Å²) in [6.45, 7) is 3.37. The summed E-state index contributed by atoms with van der Waals surface area (Å²) < 4.78 is 0. The number of nitrogens with one attached hydrogen (secondary N) is 1. The summed E-state index contributed by atoms with van der Waals surface area (Å²) in [5, 5.41) is 4.17. The molecule has 6 heteroatoms. The fourth-order valence-electron chi connectivity index (χ4n) is 6.24. The number of likely N-dealkylation sites (tertiary alicyclic amines) is 1. The number of carbonyl (C=O) groups excluding carboxylic acids is 2. The predicted molar refractivity (Wildman–Crippen MR) is 141 cm³/mol. The molecule has 6 nitrogen and oxygen atoms in total. The van der Waals surface area contributed by atoms with Gasteiger partial charge in [-0.1, -0.05) is 67.8 Å². The SMILES string of the molecule is O=C(NC1CCN(Cc2ccccc2)CC1)c1c2c(nc3ccccc13)C(=O)N(C1CCCCC1)C2. The molecule has 2 aliphatic heterocycles. The van der Waals surface area contributed by atoms with Crippen molar-refractivity contribution in [2.24, 2.45) is 0 Å². The van der Waals surface area contributed by atoms with Crippen LogP contribution in [0.3, 0.4) is 0 Å². The van der Waals surface area contributed by atoms with Crippen molar-refractivity contribution >= 4 is 22.7 Å². The van der Waals surface area contributed by atoms with E-state index in [1.54, 1.807) is 0 Å². The zero-order chi connectivity index (χ0) is 24.5. The van der Waals surface area contributed by atoms with Crippen molar-refractivity contribution < 1.29 is 9.59 Å². The first-order chi connectivity index (χ1) is 17.7. The number of piperidine rings is 1. The van der Waals surface area contributed by atoms with E-state index >= 15 is 0 Å². The van der Waals surface area contributed by atoms with Crippen LogP contribution in [0.5, 0.6) is 0 Å². The molecule has 1 aliphatic carbocycles. The summed E-state index contributed by atoms with van der Waals surface area (Å²) in [7, 11) is 0. The average molecular weight is 483 g/mol. The van der Waals surface area contributed by atoms with Crippen LogP contribution in [0.1, 0.15) is 76.9 Å². The van der Waals surface area contributed by atoms with Gasteiger partial charge in [0.15, 0.2) is 0 Å². The van der Waals surface area contributed by atoms with E-state index in [-0.39, 0.29) is 23.9 Å². The van der Waals surface area contributed by atoms with E-state index in [4.69, 9.17) is 4.98 Å². The fraction of sp³-hybridized carbons (Fsp3) is 0.433. The van der Waals surface area contributed by atoms with Gasteiger partial charge in [0, 0.05) is 49.2 Å². The lowest BCUT2D eigenvalue weighted by Crippen LogP contribution is -2.44. The summed E-state index contributed by atoms with van der Waals surface area (Å²) in [5.41, 5.74) is 3.98. The van der Waals surface area contributed by atoms with Crippen LogP contribution >= 0.6 is 0 Å². The smallest absolute Gasteiger partial charge is 0.273 e. The third kappa shape index (κ3) is 4.50. The molecule has 1 aromatic heterocycles. The normalized spacial score (nSPS) is 19.6. The molecule has 2 fully saturated rings. The lowest BCUT2D eigenvalue weighted by molar-refractivity contribution is 0.0655. The highest BCUT2D eigenvalue weighted by atomic mass is 16.2. The highest BCUT2D eigenvalue weighted by Gasteiger charge is 2.38. The van der Waals surface area contributed by atoms with Crippen LogP contribution in [0.15, 0.2) is 54.6 Å². The van der Waals surface area contributed by atoms with Gasteiger partial charge in [-0.3, -0.25) is 14.5 Å². The van der Waals surface area contributed by atoms with Gasteiger partial charge in [0.05, 0.1) is 11.1 Å². The average Bonchev–Trinajstić information content (AvgIpc) is 3.25. The van der Waals surface area contributed by atoms with E-state index < -0.39 is 0 Å². The molecule has 1 N–H and O–H groups in total. The number of aromatic nitrogens is 1. The van der Waals surface area contributed by atoms with Crippen LogP contribution in [0, 0.1) is 0 Å². The van der Waals surface area contributed by atoms with Crippen molar-refractivity contribution in [3.8, 4) is 0 Å². The number of para-hydroxylation sites is 1. The molecular formula is C30H34N4O2. The summed E-state index contributed by atoms with van der Waals surface area (Å²) in [5.74, 6) is -0.0735. The van der Waals surface area contributed by atoms with Crippen LogP contribution in [-0.4, -0.2) is 51.8 Å². The highest BCUT2D eigenvalue weighted by Crippen LogP contribution is 2.34. The van der Waals surface area contributed by atoms with Crippen molar-refractivity contribution in [3.63, 3.8) is 0 Å². The first-order valence-corrected chi connectivity index (χ1v) is 13.5. The Bertz CT molecular complexity index is 1260. The van der Waals surface area contributed by atoms with Crippen LogP contribution in [0.2, 0.25) is 0 Å². The monoisotopic (exact) mass is 482 g/mol. The van der Waals surface area contributed by atoms with E-state index in [1.165, 1.54) is 12.0 Å². The molecule has 3 aliphatic rings. The first-order valence-electron chi connectivity index (χ1n) is 13.5. The van der Waals surface area contributed by atoms with Crippen LogP contribution < -0.4 is 5.32 Å². The number of nitrogens with zero attached hydrogens (tertiary/aromatic N) is 3. The van der Waals surface area contributed by atoms with E-state index in [1.807, 2.05) is 35.2 Å². The molecule has 6 rings (SSSR count). The van der Waals surface area contributed by atoms with Gasteiger partial charge in [0.1, 0.15) is 5.69 Å². The minimum atomic E-state index is -0.0651. The van der Waals surface area contributed by atoms with E-state index in [0.29, 0.717) is 17.8 Å². The Morgan fingerprint density at radius 2 is 1.64 bits per heavy atom. The van der Waals surface area contributed by atoms with Crippen molar-refractivity contribution in [1.29, 1.82) is 0 Å². The van der Waals surface area contributed by atoms with Gasteiger partial charge < -0.3 is 10.2 Å². The third-order valence-corrected chi connectivity index (χ3v) is 8.20. The molecule has 1 saturated carbocycles. The number of carbonyl (C=O) groups is 2. The van der Waals surface area contributed by atoms with Crippen molar-refractivity contribution in [2.75, 3.05) is 13.1 Å². The Labute approximate surface area is 212 Å². The minimum Gasteiger partial charge on any atom is -0.349 e. The molecule has 186 valence electrons. The standard InChI is InChI=1S/C30H34N4O2/c35-29(31-22-15-17-33(18-16-22)19-21-9-3-1-4-10-21)27-24-13-7-8-14-26(24)32-28-25(27)20-34(30(28)36)23-11-5-2-6-12-23/h1,3-4,7-10,13-14,22-23H,2,5-6,11-12,15-20H2,(H,31,35). The fourth-order valence-corrected chi connectivity index (χ4v) is 6.24. The molecule has 0 unspecified atom stereocenters.